The van der Waals surface area contributed by atoms with Crippen molar-refractivity contribution in [3.8, 4) is 5.75 Å². The van der Waals surface area contributed by atoms with Crippen LogP contribution in [0.2, 0.25) is 0 Å². The second-order valence-electron chi connectivity index (χ2n) is 6.63. The molecule has 1 amide bonds. The van der Waals surface area contributed by atoms with Crippen molar-refractivity contribution in [2.75, 3.05) is 32.6 Å². The number of esters is 1. The summed E-state index contributed by atoms with van der Waals surface area (Å²) in [7, 11) is -3.22. The number of piperidine rings is 1. The van der Waals surface area contributed by atoms with Gasteiger partial charge in [0.1, 0.15) is 5.75 Å². The van der Waals surface area contributed by atoms with E-state index in [9.17, 15) is 18.0 Å². The van der Waals surface area contributed by atoms with Crippen LogP contribution in [0.25, 0.3) is 0 Å². The average molecular weight is 397 g/mol. The van der Waals surface area contributed by atoms with Crippen LogP contribution in [0.15, 0.2) is 29.2 Å². The second kappa shape index (κ2) is 9.73. The summed E-state index contributed by atoms with van der Waals surface area (Å²) >= 11 is 0. The maximum absolute atomic E-state index is 12.3. The molecule has 1 aromatic carbocycles. The van der Waals surface area contributed by atoms with Crippen molar-refractivity contribution in [2.24, 2.45) is 5.92 Å². The number of amides is 1. The predicted molar refractivity (Wildman–Crippen MR) is 100 cm³/mol. The highest BCUT2D eigenvalue weighted by Gasteiger charge is 2.28. The Balaban J connectivity index is 1.73. The molecule has 1 heterocycles. The Bertz CT molecular complexity index is 744. The topological polar surface area (TPSA) is 90.0 Å². The van der Waals surface area contributed by atoms with Gasteiger partial charge < -0.3 is 14.4 Å². The maximum atomic E-state index is 12.3. The molecule has 7 nitrogen and oxygen atoms in total. The molecule has 0 aromatic heterocycles. The van der Waals surface area contributed by atoms with E-state index in [1.165, 1.54) is 12.1 Å². The quantitative estimate of drug-likeness (QED) is 0.493. The molecular formula is C19H27NO6S. The standard InChI is InChI=1S/C19H27NO6S/c1-3-25-19(22)15-6-4-12-20(14-15)18(21)7-5-13-26-16-8-10-17(11-9-16)27(2,23)24/h8-11,15H,3-7,12-14H2,1-2H3. The lowest BCUT2D eigenvalue weighted by atomic mass is 9.98. The molecule has 0 aliphatic carbocycles. The van der Waals surface area contributed by atoms with Gasteiger partial charge in [0.25, 0.3) is 0 Å². The van der Waals surface area contributed by atoms with Crippen LogP contribution in [0.1, 0.15) is 32.6 Å². The van der Waals surface area contributed by atoms with E-state index in [2.05, 4.69) is 0 Å². The lowest BCUT2D eigenvalue weighted by molar-refractivity contribution is -0.151. The fraction of sp³-hybridized carbons (Fsp3) is 0.579. The predicted octanol–water partition coefficient (Wildman–Crippen LogP) is 2.05. The van der Waals surface area contributed by atoms with Crippen molar-refractivity contribution < 1.29 is 27.5 Å². The highest BCUT2D eigenvalue weighted by molar-refractivity contribution is 7.90. The fourth-order valence-corrected chi connectivity index (χ4v) is 3.64. The Labute approximate surface area is 160 Å². The normalized spacial score (nSPS) is 17.4. The Kier molecular flexibility index (Phi) is 7.65. The lowest BCUT2D eigenvalue weighted by Crippen LogP contribution is -2.42. The molecule has 150 valence electrons. The number of sulfone groups is 1. The summed E-state index contributed by atoms with van der Waals surface area (Å²) in [6.07, 6.45) is 3.61. The van der Waals surface area contributed by atoms with Crippen molar-refractivity contribution in [1.82, 2.24) is 4.90 Å². The molecule has 0 bridgehead atoms. The minimum Gasteiger partial charge on any atom is -0.494 e. The van der Waals surface area contributed by atoms with Gasteiger partial charge in [0.15, 0.2) is 9.84 Å². The van der Waals surface area contributed by atoms with Crippen molar-refractivity contribution in [2.45, 2.75) is 37.5 Å². The van der Waals surface area contributed by atoms with Crippen molar-refractivity contribution in [1.29, 1.82) is 0 Å². The summed E-state index contributed by atoms with van der Waals surface area (Å²) in [4.78, 5) is 26.2. The van der Waals surface area contributed by atoms with E-state index in [4.69, 9.17) is 9.47 Å². The number of hydrogen-bond donors (Lipinski definition) is 0. The van der Waals surface area contributed by atoms with Gasteiger partial charge in [0.2, 0.25) is 5.91 Å². The minimum absolute atomic E-state index is 0.0139. The summed E-state index contributed by atoms with van der Waals surface area (Å²) in [6.45, 7) is 3.58. The molecule has 8 heteroatoms. The third-order valence-corrected chi connectivity index (χ3v) is 5.58. The molecule has 1 aromatic rings. The van der Waals surface area contributed by atoms with E-state index in [-0.39, 0.29) is 22.7 Å². The summed E-state index contributed by atoms with van der Waals surface area (Å²) < 4.78 is 33.5. The smallest absolute Gasteiger partial charge is 0.310 e. The van der Waals surface area contributed by atoms with Gasteiger partial charge in [0, 0.05) is 25.8 Å². The van der Waals surface area contributed by atoms with Gasteiger partial charge in [0.05, 0.1) is 24.0 Å². The zero-order valence-electron chi connectivity index (χ0n) is 15.8. The van der Waals surface area contributed by atoms with Gasteiger partial charge >= 0.3 is 5.97 Å². The molecule has 27 heavy (non-hydrogen) atoms. The van der Waals surface area contributed by atoms with Gasteiger partial charge in [-0.05, 0) is 50.5 Å². The largest absolute Gasteiger partial charge is 0.494 e. The van der Waals surface area contributed by atoms with E-state index >= 15 is 0 Å². The average Bonchev–Trinajstić information content (AvgIpc) is 2.65. The van der Waals surface area contributed by atoms with Gasteiger partial charge in [-0.2, -0.15) is 0 Å². The summed E-state index contributed by atoms with van der Waals surface area (Å²) in [6, 6.07) is 6.21. The molecule has 1 atom stereocenters. The van der Waals surface area contributed by atoms with Gasteiger partial charge in [-0.3, -0.25) is 9.59 Å². The van der Waals surface area contributed by atoms with E-state index < -0.39 is 9.84 Å². The highest BCUT2D eigenvalue weighted by Crippen LogP contribution is 2.19. The SMILES string of the molecule is CCOC(=O)C1CCCN(C(=O)CCCOc2ccc(S(C)(=O)=O)cc2)C1. The zero-order chi connectivity index (χ0) is 19.9. The van der Waals surface area contributed by atoms with Crippen LogP contribution in [0, 0.1) is 5.92 Å². The Hall–Kier alpha value is -2.09. The van der Waals surface area contributed by atoms with Crippen molar-refractivity contribution in [3.63, 3.8) is 0 Å². The number of carbonyl (C=O) groups is 2. The van der Waals surface area contributed by atoms with E-state index in [1.807, 2.05) is 0 Å². The highest BCUT2D eigenvalue weighted by atomic mass is 32.2. The minimum atomic E-state index is -3.22. The molecule has 0 saturated carbocycles. The number of likely N-dealkylation sites (tertiary alicyclic amines) is 1. The van der Waals surface area contributed by atoms with Crippen LogP contribution in [0.4, 0.5) is 0 Å². The molecule has 0 spiro atoms. The first-order valence-electron chi connectivity index (χ1n) is 9.18. The molecular weight excluding hydrogens is 370 g/mol. The van der Waals surface area contributed by atoms with Crippen LogP contribution in [0.3, 0.4) is 0 Å². The number of nitrogens with zero attached hydrogens (tertiary/aromatic N) is 1. The van der Waals surface area contributed by atoms with Crippen LogP contribution < -0.4 is 4.74 Å². The van der Waals surface area contributed by atoms with Gasteiger partial charge in [-0.1, -0.05) is 0 Å². The first-order valence-corrected chi connectivity index (χ1v) is 11.1. The van der Waals surface area contributed by atoms with Crippen LogP contribution >= 0.6 is 0 Å². The monoisotopic (exact) mass is 397 g/mol. The number of carbonyl (C=O) groups excluding carboxylic acids is 2. The third-order valence-electron chi connectivity index (χ3n) is 4.45. The van der Waals surface area contributed by atoms with Crippen LogP contribution in [0.5, 0.6) is 5.75 Å². The van der Waals surface area contributed by atoms with Crippen LogP contribution in [-0.4, -0.2) is 57.8 Å². The molecule has 0 radical (unpaired) electrons. The third kappa shape index (κ3) is 6.53. The number of rotatable bonds is 8. The van der Waals surface area contributed by atoms with E-state index in [0.29, 0.717) is 44.9 Å². The Morgan fingerprint density at radius 1 is 1.22 bits per heavy atom. The first kappa shape index (κ1) is 21.2. The molecule has 2 rings (SSSR count). The molecule has 1 fully saturated rings. The lowest BCUT2D eigenvalue weighted by Gasteiger charge is -2.31. The number of ether oxygens (including phenoxy) is 2. The summed E-state index contributed by atoms with van der Waals surface area (Å²) in [5.41, 5.74) is 0. The van der Waals surface area contributed by atoms with Crippen molar-refractivity contribution >= 4 is 21.7 Å². The Morgan fingerprint density at radius 3 is 2.56 bits per heavy atom. The zero-order valence-corrected chi connectivity index (χ0v) is 16.7. The molecule has 1 aliphatic heterocycles. The maximum Gasteiger partial charge on any atom is 0.310 e. The summed E-state index contributed by atoms with van der Waals surface area (Å²) in [5, 5.41) is 0. The van der Waals surface area contributed by atoms with E-state index in [1.54, 1.807) is 24.0 Å². The molecule has 0 N–H and O–H groups in total. The molecule has 1 unspecified atom stereocenters. The van der Waals surface area contributed by atoms with Gasteiger partial charge in [-0.25, -0.2) is 8.42 Å². The molecule has 1 saturated heterocycles. The second-order valence-corrected chi connectivity index (χ2v) is 8.64. The van der Waals surface area contributed by atoms with Crippen LogP contribution in [-0.2, 0) is 24.2 Å². The number of hydrogen-bond acceptors (Lipinski definition) is 6. The molecule has 1 aliphatic rings. The Morgan fingerprint density at radius 2 is 1.93 bits per heavy atom. The van der Waals surface area contributed by atoms with Crippen molar-refractivity contribution in [3.05, 3.63) is 24.3 Å². The first-order chi connectivity index (χ1) is 12.8. The van der Waals surface area contributed by atoms with Gasteiger partial charge in [-0.15, -0.1) is 0 Å². The summed E-state index contributed by atoms with van der Waals surface area (Å²) in [5.74, 6) is 0.123. The van der Waals surface area contributed by atoms with E-state index in [0.717, 1.165) is 19.1 Å². The fourth-order valence-electron chi connectivity index (χ4n) is 3.01. The number of benzene rings is 1.